The van der Waals surface area contributed by atoms with Crippen LogP contribution in [-0.4, -0.2) is 73.2 Å². The van der Waals surface area contributed by atoms with Crippen molar-refractivity contribution in [3.8, 4) is 45.6 Å². The van der Waals surface area contributed by atoms with Crippen LogP contribution in [0, 0.1) is 0 Å². The Hall–Kier alpha value is -6.90. The van der Waals surface area contributed by atoms with Crippen LogP contribution in [0.15, 0.2) is 91.3 Å². The van der Waals surface area contributed by atoms with Crippen molar-refractivity contribution < 1.29 is 34.8 Å². The van der Waals surface area contributed by atoms with Gasteiger partial charge in [0.15, 0.2) is 11.5 Å². The number of para-hydroxylation sites is 3. The standard InChI is InChI=1S/C30H20N8O7/c39-26-18(29(42)43)8-4-10-24(26)37-14-22(33-35-37)20-12-16(28(41)31-17-6-2-1-3-7-17)13-21(32-20)23-15-38(36-34-23)25-11-5-9-19(27(25)40)30(44)45/h1-15,39-40H,(H,31,41)(H,42,43)(H,44,45). The molecule has 0 atom stereocenters. The number of pyridine rings is 1. The molecule has 0 unspecified atom stereocenters. The number of carbonyl (C=O) groups is 3. The summed E-state index contributed by atoms with van der Waals surface area (Å²) >= 11 is 0. The highest BCUT2D eigenvalue weighted by Gasteiger charge is 2.20. The SMILES string of the molecule is O=C(Nc1ccccc1)c1cc(-c2cn(-c3cccc(C(=O)O)c3O)nn2)nc(-c2cn(-c3cccc(C(=O)O)c3O)nn2)c1. The van der Waals surface area contributed by atoms with Crippen LogP contribution < -0.4 is 5.32 Å². The Bertz CT molecular complexity index is 1990. The van der Waals surface area contributed by atoms with Crippen molar-refractivity contribution in [1.29, 1.82) is 0 Å². The summed E-state index contributed by atoms with van der Waals surface area (Å²) in [6.45, 7) is 0. The number of aromatic nitrogens is 7. The van der Waals surface area contributed by atoms with Gasteiger partial charge in [0.1, 0.15) is 33.9 Å². The largest absolute Gasteiger partial charge is 0.505 e. The molecule has 0 bridgehead atoms. The molecule has 1 amide bonds. The monoisotopic (exact) mass is 604 g/mol. The summed E-state index contributed by atoms with van der Waals surface area (Å²) in [5, 5.41) is 58.8. The molecule has 15 heteroatoms. The Labute approximate surface area is 252 Å². The third-order valence-corrected chi connectivity index (χ3v) is 6.61. The number of amides is 1. The summed E-state index contributed by atoms with van der Waals surface area (Å²) < 4.78 is 2.34. The van der Waals surface area contributed by atoms with Crippen LogP contribution in [0.1, 0.15) is 31.1 Å². The van der Waals surface area contributed by atoms with Crippen molar-refractivity contribution in [2.75, 3.05) is 5.32 Å². The Kier molecular flexibility index (Phi) is 7.16. The fourth-order valence-electron chi connectivity index (χ4n) is 4.42. The molecule has 0 aliphatic carbocycles. The molecule has 6 aromatic rings. The Morgan fingerprint density at radius 3 is 1.58 bits per heavy atom. The average molecular weight is 605 g/mol. The molecule has 0 aliphatic rings. The topological polar surface area (TPSA) is 218 Å². The maximum absolute atomic E-state index is 13.3. The zero-order chi connectivity index (χ0) is 31.7. The lowest BCUT2D eigenvalue weighted by molar-refractivity contribution is 0.0682. The molecule has 0 spiro atoms. The minimum Gasteiger partial charge on any atom is -0.505 e. The maximum atomic E-state index is 13.3. The molecule has 3 heterocycles. The van der Waals surface area contributed by atoms with Crippen LogP contribution in [0.5, 0.6) is 11.5 Å². The first-order valence-electron chi connectivity index (χ1n) is 13.0. The van der Waals surface area contributed by atoms with Crippen LogP contribution in [0.4, 0.5) is 5.69 Å². The van der Waals surface area contributed by atoms with Gasteiger partial charge in [0, 0.05) is 11.3 Å². The number of anilines is 1. The minimum atomic E-state index is -1.32. The van der Waals surface area contributed by atoms with E-state index in [9.17, 15) is 34.8 Å². The summed E-state index contributed by atoms with van der Waals surface area (Å²) in [5.41, 5.74) is 0.856. The second kappa shape index (κ2) is 11.4. The number of hydrogen-bond donors (Lipinski definition) is 5. The highest BCUT2D eigenvalue weighted by Crippen LogP contribution is 2.30. The lowest BCUT2D eigenvalue weighted by Crippen LogP contribution is -2.12. The third kappa shape index (κ3) is 5.51. The molecule has 0 saturated carbocycles. The van der Waals surface area contributed by atoms with Gasteiger partial charge in [-0.25, -0.2) is 23.9 Å². The summed E-state index contributed by atoms with van der Waals surface area (Å²) in [7, 11) is 0. The fraction of sp³-hybridized carbons (Fsp3) is 0. The van der Waals surface area contributed by atoms with Gasteiger partial charge in [0.2, 0.25) is 0 Å². The zero-order valence-corrected chi connectivity index (χ0v) is 22.8. The molecular formula is C30H20N8O7. The van der Waals surface area contributed by atoms with Gasteiger partial charge >= 0.3 is 11.9 Å². The predicted octanol–water partition coefficient (Wildman–Crippen LogP) is 3.64. The van der Waals surface area contributed by atoms with Crippen molar-refractivity contribution in [3.05, 3.63) is 108 Å². The normalized spacial score (nSPS) is 10.8. The van der Waals surface area contributed by atoms with E-state index in [1.807, 2.05) is 0 Å². The van der Waals surface area contributed by atoms with Gasteiger partial charge in [-0.1, -0.05) is 40.8 Å². The number of phenols is 2. The maximum Gasteiger partial charge on any atom is 0.339 e. The summed E-state index contributed by atoms with van der Waals surface area (Å²) in [4.78, 5) is 40.9. The number of carboxylic acid groups (broad SMARTS) is 2. The van der Waals surface area contributed by atoms with Gasteiger partial charge in [-0.3, -0.25) is 4.79 Å². The fourth-order valence-corrected chi connectivity index (χ4v) is 4.42. The van der Waals surface area contributed by atoms with E-state index in [1.54, 1.807) is 30.3 Å². The van der Waals surface area contributed by atoms with E-state index >= 15 is 0 Å². The number of carbonyl (C=O) groups excluding carboxylic acids is 1. The molecular weight excluding hydrogens is 584 g/mol. The van der Waals surface area contributed by atoms with Crippen LogP contribution in [0.3, 0.4) is 0 Å². The average Bonchev–Trinajstić information content (AvgIpc) is 3.72. The highest BCUT2D eigenvalue weighted by atomic mass is 16.4. The first-order chi connectivity index (χ1) is 21.7. The van der Waals surface area contributed by atoms with Crippen molar-refractivity contribution in [2.24, 2.45) is 0 Å². The number of rotatable bonds is 8. The molecule has 222 valence electrons. The van der Waals surface area contributed by atoms with E-state index in [0.29, 0.717) is 5.69 Å². The quantitative estimate of drug-likeness (QED) is 0.168. The molecule has 0 radical (unpaired) electrons. The molecule has 3 aromatic heterocycles. The van der Waals surface area contributed by atoms with Gasteiger partial charge in [0.05, 0.1) is 23.8 Å². The lowest BCUT2D eigenvalue weighted by atomic mass is 10.1. The van der Waals surface area contributed by atoms with E-state index in [2.05, 4.69) is 30.9 Å². The number of aromatic hydroxyl groups is 2. The first kappa shape index (κ1) is 28.2. The van der Waals surface area contributed by atoms with E-state index in [-0.39, 0.29) is 50.8 Å². The van der Waals surface area contributed by atoms with Crippen molar-refractivity contribution in [1.82, 2.24) is 35.0 Å². The Morgan fingerprint density at radius 2 is 1.11 bits per heavy atom. The lowest BCUT2D eigenvalue weighted by Gasteiger charge is -2.08. The summed E-state index contributed by atoms with van der Waals surface area (Å²) in [5.74, 6) is -4.16. The smallest absolute Gasteiger partial charge is 0.339 e. The van der Waals surface area contributed by atoms with Gasteiger partial charge in [-0.15, -0.1) is 10.2 Å². The zero-order valence-electron chi connectivity index (χ0n) is 22.8. The first-order valence-corrected chi connectivity index (χ1v) is 13.0. The van der Waals surface area contributed by atoms with E-state index < -0.39 is 29.3 Å². The van der Waals surface area contributed by atoms with Crippen molar-refractivity contribution in [3.63, 3.8) is 0 Å². The summed E-state index contributed by atoms with van der Waals surface area (Å²) in [6.07, 6.45) is 2.80. The predicted molar refractivity (Wildman–Crippen MR) is 157 cm³/mol. The second-order valence-corrected chi connectivity index (χ2v) is 9.50. The molecule has 0 fully saturated rings. The molecule has 0 saturated heterocycles. The molecule has 45 heavy (non-hydrogen) atoms. The van der Waals surface area contributed by atoms with Gasteiger partial charge in [-0.2, -0.15) is 0 Å². The second-order valence-electron chi connectivity index (χ2n) is 9.50. The molecule has 5 N–H and O–H groups in total. The van der Waals surface area contributed by atoms with Gasteiger partial charge < -0.3 is 25.7 Å². The number of nitrogens with one attached hydrogen (secondary N) is 1. The Morgan fingerprint density at radius 1 is 0.622 bits per heavy atom. The van der Waals surface area contributed by atoms with E-state index in [4.69, 9.17) is 0 Å². The van der Waals surface area contributed by atoms with Gasteiger partial charge in [-0.05, 0) is 48.5 Å². The van der Waals surface area contributed by atoms with Crippen molar-refractivity contribution in [2.45, 2.75) is 0 Å². The van der Waals surface area contributed by atoms with Crippen LogP contribution >= 0.6 is 0 Å². The number of nitrogens with zero attached hydrogens (tertiary/aromatic N) is 7. The van der Waals surface area contributed by atoms with Crippen LogP contribution in [0.2, 0.25) is 0 Å². The molecule has 15 nitrogen and oxygen atoms in total. The van der Waals surface area contributed by atoms with Gasteiger partial charge in [0.25, 0.3) is 5.91 Å². The Balaban J connectivity index is 1.43. The molecule has 0 aliphatic heterocycles. The van der Waals surface area contributed by atoms with E-state index in [1.165, 1.54) is 70.3 Å². The number of carboxylic acids is 2. The van der Waals surface area contributed by atoms with Crippen LogP contribution in [0.25, 0.3) is 34.2 Å². The minimum absolute atomic E-state index is 0.0539. The van der Waals surface area contributed by atoms with E-state index in [0.717, 1.165) is 0 Å². The summed E-state index contributed by atoms with van der Waals surface area (Å²) in [6, 6.07) is 20.0. The third-order valence-electron chi connectivity index (χ3n) is 6.61. The number of hydrogen-bond acceptors (Lipinski definition) is 10. The van der Waals surface area contributed by atoms with Crippen molar-refractivity contribution >= 4 is 23.5 Å². The number of benzene rings is 3. The highest BCUT2D eigenvalue weighted by molar-refractivity contribution is 6.05. The number of aromatic carboxylic acids is 2. The molecule has 3 aromatic carbocycles. The molecule has 6 rings (SSSR count). The van der Waals surface area contributed by atoms with Crippen LogP contribution in [-0.2, 0) is 0 Å².